The van der Waals surface area contributed by atoms with Crippen molar-refractivity contribution in [3.05, 3.63) is 59.7 Å². The van der Waals surface area contributed by atoms with E-state index in [0.717, 1.165) is 31.9 Å². The molecule has 0 aromatic heterocycles. The fourth-order valence-electron chi connectivity index (χ4n) is 3.54. The van der Waals surface area contributed by atoms with Crippen LogP contribution in [0.2, 0.25) is 0 Å². The van der Waals surface area contributed by atoms with E-state index in [-0.39, 0.29) is 5.41 Å². The minimum Gasteiger partial charge on any atom is -0.491 e. The average Bonchev–Trinajstić information content (AvgIpc) is 2.67. The maximum atomic E-state index is 10.4. The highest BCUT2D eigenvalue weighted by Gasteiger charge is 2.20. The number of hydrogen-bond donors (Lipinski definition) is 1. The van der Waals surface area contributed by atoms with Crippen LogP contribution in [0.25, 0.3) is 0 Å². The van der Waals surface area contributed by atoms with E-state index in [1.807, 2.05) is 12.1 Å². The molecule has 0 bridgehead atoms. The highest BCUT2D eigenvalue weighted by Crippen LogP contribution is 2.24. The van der Waals surface area contributed by atoms with Gasteiger partial charge in [-0.1, -0.05) is 50.6 Å². The number of aliphatic hydroxyl groups is 1. The van der Waals surface area contributed by atoms with Crippen LogP contribution in [0, 0.1) is 6.92 Å². The smallest absolute Gasteiger partial charge is 0.119 e. The zero-order valence-corrected chi connectivity index (χ0v) is 17.7. The van der Waals surface area contributed by atoms with E-state index in [2.05, 4.69) is 73.9 Å². The Morgan fingerprint density at radius 3 is 2.11 bits per heavy atom. The summed E-state index contributed by atoms with van der Waals surface area (Å²) in [7, 11) is 0. The summed E-state index contributed by atoms with van der Waals surface area (Å²) in [6.45, 7) is 13.6. The maximum absolute atomic E-state index is 10.4. The molecule has 2 aromatic carbocycles. The molecule has 1 atom stereocenters. The number of rotatable bonds is 6. The molecule has 0 saturated carbocycles. The minimum absolute atomic E-state index is 0.138. The highest BCUT2D eigenvalue weighted by molar-refractivity contribution is 5.47. The molecular weight excluding hydrogens is 348 g/mol. The van der Waals surface area contributed by atoms with E-state index >= 15 is 0 Å². The van der Waals surface area contributed by atoms with E-state index in [1.54, 1.807) is 0 Å². The van der Waals surface area contributed by atoms with Gasteiger partial charge in [-0.3, -0.25) is 4.90 Å². The third kappa shape index (κ3) is 5.73. The van der Waals surface area contributed by atoms with Gasteiger partial charge in [-0.25, -0.2) is 0 Å². The Morgan fingerprint density at radius 2 is 1.54 bits per heavy atom. The number of anilines is 1. The van der Waals surface area contributed by atoms with Gasteiger partial charge in [-0.2, -0.15) is 0 Å². The molecule has 1 saturated heterocycles. The molecule has 2 aromatic rings. The van der Waals surface area contributed by atoms with Crippen LogP contribution in [0.3, 0.4) is 0 Å². The number of hydrogen-bond acceptors (Lipinski definition) is 4. The second-order valence-electron chi connectivity index (χ2n) is 8.86. The molecule has 1 N–H and O–H groups in total. The van der Waals surface area contributed by atoms with Gasteiger partial charge in [-0.15, -0.1) is 0 Å². The van der Waals surface area contributed by atoms with Gasteiger partial charge >= 0.3 is 0 Å². The van der Waals surface area contributed by atoms with Gasteiger partial charge in [0.25, 0.3) is 0 Å². The lowest BCUT2D eigenvalue weighted by molar-refractivity contribution is 0.0663. The first-order valence-corrected chi connectivity index (χ1v) is 10.3. The van der Waals surface area contributed by atoms with Crippen molar-refractivity contribution in [2.24, 2.45) is 0 Å². The number of aryl methyl sites for hydroxylation is 1. The zero-order chi connectivity index (χ0) is 20.1. The summed E-state index contributed by atoms with van der Waals surface area (Å²) in [5, 5.41) is 10.4. The number of benzene rings is 2. The number of piperazine rings is 1. The van der Waals surface area contributed by atoms with Crippen molar-refractivity contribution < 1.29 is 9.84 Å². The summed E-state index contributed by atoms with van der Waals surface area (Å²) >= 11 is 0. The molecule has 3 rings (SSSR count). The van der Waals surface area contributed by atoms with Crippen LogP contribution < -0.4 is 9.64 Å². The Balaban J connectivity index is 1.41. The van der Waals surface area contributed by atoms with Crippen LogP contribution in [-0.2, 0) is 5.41 Å². The first-order valence-electron chi connectivity index (χ1n) is 10.3. The summed E-state index contributed by atoms with van der Waals surface area (Å²) in [6, 6.07) is 16.9. The Kier molecular flexibility index (Phi) is 6.63. The van der Waals surface area contributed by atoms with Crippen molar-refractivity contribution in [1.82, 2.24) is 4.90 Å². The Bertz CT molecular complexity index is 727. The molecule has 0 radical (unpaired) electrons. The van der Waals surface area contributed by atoms with Gasteiger partial charge in [-0.05, 0) is 42.2 Å². The predicted octanol–water partition coefficient (Wildman–Crippen LogP) is 3.85. The van der Waals surface area contributed by atoms with Gasteiger partial charge < -0.3 is 14.7 Å². The topological polar surface area (TPSA) is 35.9 Å². The summed E-state index contributed by atoms with van der Waals surface area (Å²) in [5.41, 5.74) is 4.00. The third-order valence-electron chi connectivity index (χ3n) is 5.40. The van der Waals surface area contributed by atoms with Crippen molar-refractivity contribution in [1.29, 1.82) is 0 Å². The summed E-state index contributed by atoms with van der Waals surface area (Å²) in [4.78, 5) is 4.73. The summed E-state index contributed by atoms with van der Waals surface area (Å²) < 4.78 is 5.79. The standard InChI is InChI=1S/C24H34N2O2/c1-19-5-9-21(10-6-19)26-15-13-25(14-16-26)17-22(27)18-28-23-11-7-20(8-12-23)24(2,3)4/h5-12,22,27H,13-18H2,1-4H3/t22-/m1/s1. The molecule has 0 amide bonds. The molecule has 1 aliphatic heterocycles. The van der Waals surface area contributed by atoms with Crippen molar-refractivity contribution in [3.63, 3.8) is 0 Å². The van der Waals surface area contributed by atoms with Crippen LogP contribution in [0.5, 0.6) is 5.75 Å². The van der Waals surface area contributed by atoms with Crippen LogP contribution in [0.15, 0.2) is 48.5 Å². The minimum atomic E-state index is -0.479. The fraction of sp³-hybridized carbons (Fsp3) is 0.500. The lowest BCUT2D eigenvalue weighted by atomic mass is 9.87. The van der Waals surface area contributed by atoms with E-state index in [1.165, 1.54) is 16.8 Å². The number of aliphatic hydroxyl groups excluding tert-OH is 1. The van der Waals surface area contributed by atoms with Crippen LogP contribution in [0.1, 0.15) is 31.9 Å². The third-order valence-corrected chi connectivity index (χ3v) is 5.40. The monoisotopic (exact) mass is 382 g/mol. The van der Waals surface area contributed by atoms with Crippen LogP contribution in [-0.4, -0.2) is 55.4 Å². The van der Waals surface area contributed by atoms with Gasteiger partial charge in [0.2, 0.25) is 0 Å². The largest absolute Gasteiger partial charge is 0.491 e. The first kappa shape index (κ1) is 20.7. The molecule has 1 heterocycles. The van der Waals surface area contributed by atoms with E-state index in [0.29, 0.717) is 13.2 Å². The predicted molar refractivity (Wildman–Crippen MR) is 116 cm³/mol. The van der Waals surface area contributed by atoms with Crippen molar-refractivity contribution in [2.75, 3.05) is 44.2 Å². The Hall–Kier alpha value is -2.04. The lowest BCUT2D eigenvalue weighted by Gasteiger charge is -2.36. The average molecular weight is 383 g/mol. The second-order valence-corrected chi connectivity index (χ2v) is 8.86. The lowest BCUT2D eigenvalue weighted by Crippen LogP contribution is -2.49. The highest BCUT2D eigenvalue weighted by atomic mass is 16.5. The summed E-state index contributed by atoms with van der Waals surface area (Å²) in [6.07, 6.45) is -0.479. The normalized spacial score (nSPS) is 16.8. The molecule has 4 heteroatoms. The molecule has 0 aliphatic carbocycles. The molecule has 0 spiro atoms. The molecule has 4 nitrogen and oxygen atoms in total. The van der Waals surface area contributed by atoms with E-state index in [4.69, 9.17) is 4.74 Å². The quantitative estimate of drug-likeness (QED) is 0.823. The Morgan fingerprint density at radius 1 is 0.929 bits per heavy atom. The second kappa shape index (κ2) is 8.97. The van der Waals surface area contributed by atoms with Crippen LogP contribution >= 0.6 is 0 Å². The van der Waals surface area contributed by atoms with Gasteiger partial charge in [0.15, 0.2) is 0 Å². The molecule has 1 fully saturated rings. The number of ether oxygens (including phenoxy) is 1. The van der Waals surface area contributed by atoms with E-state index < -0.39 is 6.10 Å². The van der Waals surface area contributed by atoms with Crippen LogP contribution in [0.4, 0.5) is 5.69 Å². The molecule has 152 valence electrons. The van der Waals surface area contributed by atoms with Crippen molar-refractivity contribution in [2.45, 2.75) is 39.2 Å². The van der Waals surface area contributed by atoms with Gasteiger partial charge in [0.05, 0.1) is 0 Å². The fourth-order valence-corrected chi connectivity index (χ4v) is 3.54. The first-order chi connectivity index (χ1) is 13.3. The SMILES string of the molecule is Cc1ccc(N2CCN(C[C@@H](O)COc3ccc(C(C)(C)C)cc3)CC2)cc1. The molecule has 28 heavy (non-hydrogen) atoms. The number of nitrogens with zero attached hydrogens (tertiary/aromatic N) is 2. The molecule has 1 aliphatic rings. The summed E-state index contributed by atoms with van der Waals surface area (Å²) in [5.74, 6) is 0.816. The molecule has 0 unspecified atom stereocenters. The molecular formula is C24H34N2O2. The van der Waals surface area contributed by atoms with E-state index in [9.17, 15) is 5.11 Å². The van der Waals surface area contributed by atoms with Crippen molar-refractivity contribution in [3.8, 4) is 5.75 Å². The van der Waals surface area contributed by atoms with Gasteiger partial charge in [0, 0.05) is 38.4 Å². The zero-order valence-electron chi connectivity index (χ0n) is 17.7. The van der Waals surface area contributed by atoms with Gasteiger partial charge in [0.1, 0.15) is 18.5 Å². The number of β-amino-alcohol motifs (C(OH)–C–C–N with tert-alkyl or cyclic N) is 1. The van der Waals surface area contributed by atoms with Crippen molar-refractivity contribution >= 4 is 5.69 Å². The Labute approximate surface area is 169 Å². The maximum Gasteiger partial charge on any atom is 0.119 e.